The monoisotopic (exact) mass is 513 g/mol. The van der Waals surface area contributed by atoms with Gasteiger partial charge in [-0.1, -0.05) is 55.2 Å². The van der Waals surface area contributed by atoms with Gasteiger partial charge in [0.05, 0.1) is 11.9 Å². The molecule has 7 nitrogen and oxygen atoms in total. The highest BCUT2D eigenvalue weighted by Gasteiger charge is 2.31. The Balaban J connectivity index is 2.44. The summed E-state index contributed by atoms with van der Waals surface area (Å²) in [6.45, 7) is 3.34. The molecule has 0 unspecified atom stereocenters. The Morgan fingerprint density at radius 1 is 1.06 bits per heavy atom. The smallest absolute Gasteiger partial charge is 0.244 e. The van der Waals surface area contributed by atoms with Crippen LogP contribution < -0.4 is 9.62 Å². The molecule has 33 heavy (non-hydrogen) atoms. The molecule has 0 saturated heterocycles. The molecular weight excluding hydrogens is 485 g/mol. The Hall–Kier alpha value is -2.29. The molecule has 1 N–H and O–H groups in total. The molecule has 2 aromatic carbocycles. The fourth-order valence-electron chi connectivity index (χ4n) is 3.43. The minimum Gasteiger partial charge on any atom is -0.357 e. The standard InChI is InChI=1S/C23H29Cl2N3O4S/c1-5-16-7-11-19(12-8-16)28(33(4,31)32)15-22(29)27(21(6-2)23(30)26-3)14-17-9-10-18(24)13-20(17)25/h7-13,21H,5-6,14-15H2,1-4H3,(H,26,30)/t21-/m1/s1. The predicted octanol–water partition coefficient (Wildman–Crippen LogP) is 3.88. The number of aryl methyl sites for hydroxylation is 1. The van der Waals surface area contributed by atoms with Gasteiger partial charge in [-0.15, -0.1) is 0 Å². The number of nitrogens with one attached hydrogen (secondary N) is 1. The molecule has 0 saturated carbocycles. The van der Waals surface area contributed by atoms with E-state index in [1.165, 1.54) is 11.9 Å². The zero-order chi connectivity index (χ0) is 24.8. The molecule has 0 aliphatic heterocycles. The summed E-state index contributed by atoms with van der Waals surface area (Å²) < 4.78 is 26.2. The van der Waals surface area contributed by atoms with Gasteiger partial charge in [-0.25, -0.2) is 8.42 Å². The Labute approximate surface area is 205 Å². The SMILES string of the molecule is CCc1ccc(N(CC(=O)N(Cc2ccc(Cl)cc2Cl)[C@H](CC)C(=O)NC)S(C)(=O)=O)cc1. The lowest BCUT2D eigenvalue weighted by molar-refractivity contribution is -0.140. The lowest BCUT2D eigenvalue weighted by Crippen LogP contribution is -2.51. The van der Waals surface area contributed by atoms with Crippen LogP contribution in [-0.2, 0) is 32.6 Å². The number of nitrogens with zero attached hydrogens (tertiary/aromatic N) is 2. The summed E-state index contributed by atoms with van der Waals surface area (Å²) in [6.07, 6.45) is 2.18. The molecule has 180 valence electrons. The van der Waals surface area contributed by atoms with Crippen LogP contribution in [0.25, 0.3) is 0 Å². The normalized spacial score (nSPS) is 12.2. The number of benzene rings is 2. The minimum absolute atomic E-state index is 0.0210. The van der Waals surface area contributed by atoms with Crippen molar-refractivity contribution in [1.29, 1.82) is 0 Å². The van der Waals surface area contributed by atoms with Crippen molar-refractivity contribution in [1.82, 2.24) is 10.2 Å². The van der Waals surface area contributed by atoms with E-state index in [1.54, 1.807) is 37.3 Å². The number of anilines is 1. The number of carbonyl (C=O) groups is 2. The quantitative estimate of drug-likeness (QED) is 0.522. The van der Waals surface area contributed by atoms with Crippen molar-refractivity contribution in [2.75, 3.05) is 24.2 Å². The zero-order valence-corrected chi connectivity index (χ0v) is 21.5. The van der Waals surface area contributed by atoms with E-state index in [0.29, 0.717) is 27.7 Å². The first kappa shape index (κ1) is 27.0. The highest BCUT2D eigenvalue weighted by atomic mass is 35.5. The summed E-state index contributed by atoms with van der Waals surface area (Å²) in [5.41, 5.74) is 2.01. The van der Waals surface area contributed by atoms with Crippen LogP contribution in [0, 0.1) is 0 Å². The van der Waals surface area contributed by atoms with Crippen LogP contribution in [0.2, 0.25) is 10.0 Å². The zero-order valence-electron chi connectivity index (χ0n) is 19.1. The predicted molar refractivity (Wildman–Crippen MR) is 133 cm³/mol. The Morgan fingerprint density at radius 2 is 1.70 bits per heavy atom. The van der Waals surface area contributed by atoms with Gasteiger partial charge < -0.3 is 10.2 Å². The van der Waals surface area contributed by atoms with Gasteiger partial charge in [0.2, 0.25) is 21.8 Å². The largest absolute Gasteiger partial charge is 0.357 e. The first-order valence-corrected chi connectivity index (χ1v) is 13.1. The molecular formula is C23H29Cl2N3O4S. The number of hydrogen-bond donors (Lipinski definition) is 1. The molecule has 0 bridgehead atoms. The van der Waals surface area contributed by atoms with Crippen LogP contribution in [0.1, 0.15) is 31.4 Å². The molecule has 0 fully saturated rings. The second kappa shape index (κ2) is 11.7. The third-order valence-electron chi connectivity index (χ3n) is 5.30. The van der Waals surface area contributed by atoms with Gasteiger partial charge in [-0.05, 0) is 48.2 Å². The second-order valence-corrected chi connectivity index (χ2v) is 10.3. The maximum absolute atomic E-state index is 13.5. The van der Waals surface area contributed by atoms with Gasteiger partial charge in [0.15, 0.2) is 0 Å². The summed E-state index contributed by atoms with van der Waals surface area (Å²) >= 11 is 12.3. The number of sulfonamides is 1. The van der Waals surface area contributed by atoms with E-state index in [0.717, 1.165) is 22.5 Å². The summed E-state index contributed by atoms with van der Waals surface area (Å²) in [7, 11) is -2.28. The van der Waals surface area contributed by atoms with E-state index in [-0.39, 0.29) is 12.5 Å². The highest BCUT2D eigenvalue weighted by molar-refractivity contribution is 7.92. The number of carbonyl (C=O) groups excluding carboxylic acids is 2. The molecule has 0 radical (unpaired) electrons. The number of hydrogen-bond acceptors (Lipinski definition) is 4. The van der Waals surface area contributed by atoms with E-state index >= 15 is 0 Å². The van der Waals surface area contributed by atoms with Crippen molar-refractivity contribution >= 4 is 50.7 Å². The van der Waals surface area contributed by atoms with E-state index in [1.807, 2.05) is 19.1 Å². The van der Waals surface area contributed by atoms with Gasteiger partial charge in [0, 0.05) is 23.6 Å². The highest BCUT2D eigenvalue weighted by Crippen LogP contribution is 2.25. The molecule has 2 amide bonds. The van der Waals surface area contributed by atoms with Gasteiger partial charge in [-0.3, -0.25) is 13.9 Å². The fraction of sp³-hybridized carbons (Fsp3) is 0.391. The Bertz CT molecular complexity index is 1090. The van der Waals surface area contributed by atoms with Crippen molar-refractivity contribution in [2.24, 2.45) is 0 Å². The number of rotatable bonds is 10. The summed E-state index contributed by atoms with van der Waals surface area (Å²) in [5.74, 6) is -0.879. The maximum Gasteiger partial charge on any atom is 0.244 e. The van der Waals surface area contributed by atoms with Gasteiger partial charge in [0.1, 0.15) is 12.6 Å². The number of halogens is 2. The van der Waals surface area contributed by atoms with Crippen LogP contribution >= 0.6 is 23.2 Å². The average Bonchev–Trinajstić information content (AvgIpc) is 2.77. The number of amides is 2. The van der Waals surface area contributed by atoms with Crippen LogP contribution in [0.3, 0.4) is 0 Å². The summed E-state index contributed by atoms with van der Waals surface area (Å²) in [4.78, 5) is 27.4. The average molecular weight is 514 g/mol. The third kappa shape index (κ3) is 7.09. The van der Waals surface area contributed by atoms with E-state index in [4.69, 9.17) is 23.2 Å². The lowest BCUT2D eigenvalue weighted by atomic mass is 10.1. The van der Waals surface area contributed by atoms with Gasteiger partial charge in [0.25, 0.3) is 0 Å². The molecule has 0 heterocycles. The van der Waals surface area contributed by atoms with Crippen molar-refractivity contribution in [3.8, 4) is 0 Å². The van der Waals surface area contributed by atoms with E-state index < -0.39 is 28.5 Å². The molecule has 0 aromatic heterocycles. The van der Waals surface area contributed by atoms with Crippen molar-refractivity contribution in [3.05, 3.63) is 63.6 Å². The second-order valence-electron chi connectivity index (χ2n) is 7.59. The van der Waals surface area contributed by atoms with Crippen molar-refractivity contribution < 1.29 is 18.0 Å². The third-order valence-corrected chi connectivity index (χ3v) is 7.03. The van der Waals surface area contributed by atoms with E-state index in [2.05, 4.69) is 5.32 Å². The molecule has 2 rings (SSSR count). The van der Waals surface area contributed by atoms with E-state index in [9.17, 15) is 18.0 Å². The summed E-state index contributed by atoms with van der Waals surface area (Å²) in [5, 5.41) is 3.36. The van der Waals surface area contributed by atoms with Crippen LogP contribution in [0.4, 0.5) is 5.69 Å². The first-order chi connectivity index (χ1) is 15.5. The Morgan fingerprint density at radius 3 is 2.18 bits per heavy atom. The maximum atomic E-state index is 13.5. The molecule has 0 spiro atoms. The fourth-order valence-corrected chi connectivity index (χ4v) is 4.75. The Kier molecular flexibility index (Phi) is 9.57. The lowest BCUT2D eigenvalue weighted by Gasteiger charge is -2.32. The van der Waals surface area contributed by atoms with Crippen molar-refractivity contribution in [3.63, 3.8) is 0 Å². The molecule has 0 aliphatic rings. The van der Waals surface area contributed by atoms with Crippen LogP contribution in [0.15, 0.2) is 42.5 Å². The molecule has 0 aliphatic carbocycles. The number of likely N-dealkylation sites (N-methyl/N-ethyl adjacent to an activating group) is 1. The minimum atomic E-state index is -3.77. The van der Waals surface area contributed by atoms with Gasteiger partial charge >= 0.3 is 0 Å². The molecule has 1 atom stereocenters. The first-order valence-electron chi connectivity index (χ1n) is 10.5. The van der Waals surface area contributed by atoms with Crippen molar-refractivity contribution in [2.45, 2.75) is 39.3 Å². The van der Waals surface area contributed by atoms with Gasteiger partial charge in [-0.2, -0.15) is 0 Å². The summed E-state index contributed by atoms with van der Waals surface area (Å²) in [6, 6.07) is 11.1. The topological polar surface area (TPSA) is 86.8 Å². The van der Waals surface area contributed by atoms with Crippen LogP contribution in [0.5, 0.6) is 0 Å². The molecule has 2 aromatic rings. The molecule has 10 heteroatoms. The van der Waals surface area contributed by atoms with Crippen LogP contribution in [-0.4, -0.2) is 51.0 Å².